The largest absolute Gasteiger partial charge is 0.465 e. The third kappa shape index (κ3) is 2.97. The molecular weight excluding hydrogens is 216 g/mol. The zero-order valence-corrected chi connectivity index (χ0v) is 9.84. The molecule has 2 N–H and O–H groups in total. The Morgan fingerprint density at radius 1 is 1.59 bits per heavy atom. The molecular formula is C13H18N2O2. The van der Waals surface area contributed by atoms with Gasteiger partial charge in [-0.3, -0.25) is 4.79 Å². The maximum atomic E-state index is 12.0. The Hall–Kier alpha value is -1.55. The molecule has 1 aliphatic rings. The van der Waals surface area contributed by atoms with Crippen molar-refractivity contribution in [2.45, 2.75) is 25.3 Å². The van der Waals surface area contributed by atoms with Crippen LogP contribution in [0.4, 0.5) is 0 Å². The first kappa shape index (κ1) is 11.9. The van der Waals surface area contributed by atoms with Crippen LogP contribution in [0.25, 0.3) is 6.08 Å². The molecule has 1 amide bonds. The van der Waals surface area contributed by atoms with Crippen LogP contribution in [-0.4, -0.2) is 29.9 Å². The normalized spacial score (nSPS) is 21.0. The second-order valence-electron chi connectivity index (χ2n) is 4.27. The molecule has 1 atom stereocenters. The average Bonchev–Trinajstić information content (AvgIpc) is 2.89. The number of amides is 1. The first-order valence-electron chi connectivity index (χ1n) is 6.03. The van der Waals surface area contributed by atoms with E-state index in [1.165, 1.54) is 0 Å². The predicted octanol–water partition coefficient (Wildman–Crippen LogP) is 1.63. The Bertz CT molecular complexity index is 384. The third-order valence-corrected chi connectivity index (χ3v) is 3.12. The standard InChI is InChI=1S/C13H18N2O2/c14-10-11-4-1-2-8-15(11)13(16)7-6-12-5-3-9-17-12/h3,5-7,9,11H,1-2,4,8,10,14H2. The summed E-state index contributed by atoms with van der Waals surface area (Å²) in [6, 6.07) is 3.81. The number of furan rings is 1. The highest BCUT2D eigenvalue weighted by Gasteiger charge is 2.23. The van der Waals surface area contributed by atoms with E-state index in [-0.39, 0.29) is 11.9 Å². The van der Waals surface area contributed by atoms with E-state index in [0.717, 1.165) is 25.8 Å². The summed E-state index contributed by atoms with van der Waals surface area (Å²) in [6.07, 6.45) is 8.09. The van der Waals surface area contributed by atoms with Crippen molar-refractivity contribution in [1.82, 2.24) is 4.90 Å². The van der Waals surface area contributed by atoms with Gasteiger partial charge in [-0.15, -0.1) is 0 Å². The molecule has 4 heteroatoms. The highest BCUT2D eigenvalue weighted by atomic mass is 16.3. The summed E-state index contributed by atoms with van der Waals surface area (Å²) >= 11 is 0. The molecule has 17 heavy (non-hydrogen) atoms. The number of likely N-dealkylation sites (tertiary alicyclic amines) is 1. The lowest BCUT2D eigenvalue weighted by Crippen LogP contribution is -2.46. The molecule has 0 radical (unpaired) electrons. The monoisotopic (exact) mass is 234 g/mol. The zero-order valence-electron chi connectivity index (χ0n) is 9.84. The average molecular weight is 234 g/mol. The van der Waals surface area contributed by atoms with E-state index in [4.69, 9.17) is 10.2 Å². The molecule has 0 saturated carbocycles. The highest BCUT2D eigenvalue weighted by molar-refractivity contribution is 5.91. The molecule has 0 spiro atoms. The number of hydrogen-bond donors (Lipinski definition) is 1. The molecule has 92 valence electrons. The predicted molar refractivity (Wildman–Crippen MR) is 66.1 cm³/mol. The van der Waals surface area contributed by atoms with Gasteiger partial charge in [0.2, 0.25) is 5.91 Å². The number of rotatable bonds is 3. The summed E-state index contributed by atoms with van der Waals surface area (Å²) < 4.78 is 5.14. The summed E-state index contributed by atoms with van der Waals surface area (Å²) in [6.45, 7) is 1.35. The molecule has 2 heterocycles. The summed E-state index contributed by atoms with van der Waals surface area (Å²) in [4.78, 5) is 13.9. The molecule has 1 aromatic rings. The van der Waals surface area contributed by atoms with Crippen molar-refractivity contribution < 1.29 is 9.21 Å². The van der Waals surface area contributed by atoms with Gasteiger partial charge in [0, 0.05) is 25.2 Å². The van der Waals surface area contributed by atoms with Crippen molar-refractivity contribution in [3.05, 3.63) is 30.2 Å². The van der Waals surface area contributed by atoms with Crippen LogP contribution < -0.4 is 5.73 Å². The Morgan fingerprint density at radius 3 is 3.18 bits per heavy atom. The van der Waals surface area contributed by atoms with Crippen LogP contribution in [0.15, 0.2) is 28.9 Å². The molecule has 0 aliphatic carbocycles. The minimum Gasteiger partial charge on any atom is -0.465 e. The quantitative estimate of drug-likeness (QED) is 0.809. The number of hydrogen-bond acceptors (Lipinski definition) is 3. The van der Waals surface area contributed by atoms with Crippen molar-refractivity contribution in [2.24, 2.45) is 5.73 Å². The Kier molecular flexibility index (Phi) is 3.98. The lowest BCUT2D eigenvalue weighted by molar-refractivity contribution is -0.129. The first-order chi connectivity index (χ1) is 8.31. The van der Waals surface area contributed by atoms with Gasteiger partial charge < -0.3 is 15.1 Å². The third-order valence-electron chi connectivity index (χ3n) is 3.12. The van der Waals surface area contributed by atoms with Gasteiger partial charge in [-0.05, 0) is 37.5 Å². The van der Waals surface area contributed by atoms with Crippen LogP contribution in [0, 0.1) is 0 Å². The van der Waals surface area contributed by atoms with E-state index in [9.17, 15) is 4.79 Å². The van der Waals surface area contributed by atoms with Crippen molar-refractivity contribution in [3.63, 3.8) is 0 Å². The maximum absolute atomic E-state index is 12.0. The molecule has 2 rings (SSSR count). The van der Waals surface area contributed by atoms with Crippen LogP contribution >= 0.6 is 0 Å². The van der Waals surface area contributed by atoms with Crippen molar-refractivity contribution in [2.75, 3.05) is 13.1 Å². The number of carbonyl (C=O) groups excluding carboxylic acids is 1. The summed E-state index contributed by atoms with van der Waals surface area (Å²) in [5.41, 5.74) is 5.69. The maximum Gasteiger partial charge on any atom is 0.246 e. The molecule has 1 unspecified atom stereocenters. The number of nitrogens with zero attached hydrogens (tertiary/aromatic N) is 1. The number of nitrogens with two attached hydrogens (primary N) is 1. The van der Waals surface area contributed by atoms with Gasteiger partial charge in [-0.25, -0.2) is 0 Å². The second-order valence-corrected chi connectivity index (χ2v) is 4.27. The van der Waals surface area contributed by atoms with Crippen LogP contribution in [0.5, 0.6) is 0 Å². The summed E-state index contributed by atoms with van der Waals surface area (Å²) in [7, 11) is 0. The highest BCUT2D eigenvalue weighted by Crippen LogP contribution is 2.16. The van der Waals surface area contributed by atoms with E-state index in [2.05, 4.69) is 0 Å². The fourth-order valence-corrected chi connectivity index (χ4v) is 2.17. The molecule has 0 aromatic carbocycles. The van der Waals surface area contributed by atoms with Crippen molar-refractivity contribution >= 4 is 12.0 Å². The van der Waals surface area contributed by atoms with E-state index >= 15 is 0 Å². The zero-order chi connectivity index (χ0) is 12.1. The van der Waals surface area contributed by atoms with Crippen molar-refractivity contribution in [1.29, 1.82) is 0 Å². The van der Waals surface area contributed by atoms with Gasteiger partial charge in [-0.1, -0.05) is 0 Å². The van der Waals surface area contributed by atoms with Gasteiger partial charge in [0.25, 0.3) is 0 Å². The van der Waals surface area contributed by atoms with Crippen molar-refractivity contribution in [3.8, 4) is 0 Å². The topological polar surface area (TPSA) is 59.5 Å². The summed E-state index contributed by atoms with van der Waals surface area (Å²) in [5.74, 6) is 0.719. The molecule has 0 bridgehead atoms. The smallest absolute Gasteiger partial charge is 0.246 e. The SMILES string of the molecule is NCC1CCCCN1C(=O)C=Cc1ccco1. The van der Waals surface area contributed by atoms with E-state index in [1.807, 2.05) is 11.0 Å². The lowest BCUT2D eigenvalue weighted by atomic mass is 10.0. The Balaban J connectivity index is 1.98. The van der Waals surface area contributed by atoms with Crippen LogP contribution in [0.3, 0.4) is 0 Å². The fraction of sp³-hybridized carbons (Fsp3) is 0.462. The number of carbonyl (C=O) groups is 1. The first-order valence-corrected chi connectivity index (χ1v) is 6.03. The minimum absolute atomic E-state index is 0.0246. The van der Waals surface area contributed by atoms with Gasteiger partial charge in [0.05, 0.1) is 6.26 Å². The molecule has 1 aromatic heterocycles. The van der Waals surface area contributed by atoms with Crippen LogP contribution in [0.1, 0.15) is 25.0 Å². The van der Waals surface area contributed by atoms with E-state index < -0.39 is 0 Å². The molecule has 1 aliphatic heterocycles. The summed E-state index contributed by atoms with van der Waals surface area (Å²) in [5, 5.41) is 0. The fourth-order valence-electron chi connectivity index (χ4n) is 2.17. The van der Waals surface area contributed by atoms with Gasteiger partial charge >= 0.3 is 0 Å². The van der Waals surface area contributed by atoms with Gasteiger partial charge in [0.15, 0.2) is 0 Å². The van der Waals surface area contributed by atoms with Gasteiger partial charge in [-0.2, -0.15) is 0 Å². The Morgan fingerprint density at radius 2 is 2.47 bits per heavy atom. The minimum atomic E-state index is 0.0246. The number of piperidine rings is 1. The van der Waals surface area contributed by atoms with Crippen LogP contribution in [0.2, 0.25) is 0 Å². The van der Waals surface area contributed by atoms with E-state index in [1.54, 1.807) is 24.5 Å². The second kappa shape index (κ2) is 5.68. The Labute approximate surface area is 101 Å². The van der Waals surface area contributed by atoms with E-state index in [0.29, 0.717) is 12.3 Å². The molecule has 4 nitrogen and oxygen atoms in total. The molecule has 1 fully saturated rings. The molecule has 1 saturated heterocycles. The van der Waals surface area contributed by atoms with Crippen LogP contribution in [-0.2, 0) is 4.79 Å². The lowest BCUT2D eigenvalue weighted by Gasteiger charge is -2.34. The van der Waals surface area contributed by atoms with Gasteiger partial charge in [0.1, 0.15) is 5.76 Å².